The molecule has 1 aromatic carbocycles. The average Bonchev–Trinajstić information content (AvgIpc) is 3.22. The second kappa shape index (κ2) is 6.17. The molecule has 0 bridgehead atoms. The van der Waals surface area contributed by atoms with Crippen LogP contribution in [-0.4, -0.2) is 9.97 Å². The van der Waals surface area contributed by atoms with Crippen LogP contribution in [0, 0.1) is 19.8 Å². The lowest BCUT2D eigenvalue weighted by Crippen LogP contribution is -2.01. The van der Waals surface area contributed by atoms with Crippen molar-refractivity contribution >= 4 is 22.7 Å². The molecule has 23 heavy (non-hydrogen) atoms. The topological polar surface area (TPSA) is 25.8 Å². The first-order valence-corrected chi connectivity index (χ1v) is 9.84. The maximum absolute atomic E-state index is 4.85. The summed E-state index contributed by atoms with van der Waals surface area (Å²) in [6.07, 6.45) is 4.81. The Hall–Kier alpha value is -1.52. The SMILES string of the molecule is Cc1nc(C)c(-c2csc(CCC3Cc4ccccc4C3)n2)s1. The first-order chi connectivity index (χ1) is 11.2. The monoisotopic (exact) mass is 340 g/mol. The number of hydrogen-bond acceptors (Lipinski definition) is 4. The van der Waals surface area contributed by atoms with Gasteiger partial charge in [0, 0.05) is 5.38 Å². The van der Waals surface area contributed by atoms with Gasteiger partial charge in [-0.05, 0) is 56.6 Å². The van der Waals surface area contributed by atoms with Crippen LogP contribution < -0.4 is 0 Å². The molecule has 0 spiro atoms. The minimum atomic E-state index is 0.784. The second-order valence-electron chi connectivity index (χ2n) is 6.36. The number of benzene rings is 1. The second-order valence-corrected chi connectivity index (χ2v) is 8.50. The standard InChI is InChI=1S/C19H20N2S2/c1-12-19(23-13(2)20-12)17-11-22-18(21-17)8-7-14-9-15-5-3-4-6-16(15)10-14/h3-6,11,14H,7-10H2,1-2H3. The Bertz CT molecular complexity index is 807. The van der Waals surface area contributed by atoms with E-state index in [2.05, 4.69) is 48.5 Å². The Morgan fingerprint density at radius 2 is 1.83 bits per heavy atom. The summed E-state index contributed by atoms with van der Waals surface area (Å²) < 4.78 is 0. The minimum Gasteiger partial charge on any atom is -0.246 e. The number of hydrogen-bond donors (Lipinski definition) is 0. The van der Waals surface area contributed by atoms with Gasteiger partial charge in [-0.2, -0.15) is 0 Å². The van der Waals surface area contributed by atoms with Gasteiger partial charge in [0.05, 0.1) is 26.3 Å². The molecule has 0 unspecified atom stereocenters. The molecule has 0 saturated carbocycles. The molecule has 118 valence electrons. The van der Waals surface area contributed by atoms with Gasteiger partial charge < -0.3 is 0 Å². The number of nitrogens with zero attached hydrogens (tertiary/aromatic N) is 2. The number of aromatic nitrogens is 2. The summed E-state index contributed by atoms with van der Waals surface area (Å²) in [7, 11) is 0. The summed E-state index contributed by atoms with van der Waals surface area (Å²) in [5, 5.41) is 4.58. The Labute approximate surface area is 145 Å². The van der Waals surface area contributed by atoms with Crippen LogP contribution in [0.3, 0.4) is 0 Å². The Morgan fingerprint density at radius 1 is 1.09 bits per heavy atom. The first-order valence-electron chi connectivity index (χ1n) is 8.14. The van der Waals surface area contributed by atoms with Crippen LogP contribution in [0.1, 0.15) is 33.3 Å². The average molecular weight is 341 g/mol. The summed E-state index contributed by atoms with van der Waals surface area (Å²) in [6.45, 7) is 4.14. The van der Waals surface area contributed by atoms with Crippen molar-refractivity contribution < 1.29 is 0 Å². The van der Waals surface area contributed by atoms with Crippen molar-refractivity contribution in [3.05, 3.63) is 56.5 Å². The van der Waals surface area contributed by atoms with E-state index in [0.29, 0.717) is 0 Å². The molecule has 0 atom stereocenters. The molecule has 0 saturated heterocycles. The van der Waals surface area contributed by atoms with Gasteiger partial charge in [-0.1, -0.05) is 24.3 Å². The minimum absolute atomic E-state index is 0.784. The molecule has 2 aromatic heterocycles. The van der Waals surface area contributed by atoms with E-state index in [0.717, 1.165) is 28.7 Å². The highest BCUT2D eigenvalue weighted by Crippen LogP contribution is 2.33. The van der Waals surface area contributed by atoms with Gasteiger partial charge in [0.2, 0.25) is 0 Å². The largest absolute Gasteiger partial charge is 0.246 e. The van der Waals surface area contributed by atoms with E-state index in [1.165, 1.54) is 29.1 Å². The van der Waals surface area contributed by atoms with Crippen molar-refractivity contribution in [2.75, 3.05) is 0 Å². The van der Waals surface area contributed by atoms with Crippen molar-refractivity contribution in [1.29, 1.82) is 0 Å². The zero-order valence-electron chi connectivity index (χ0n) is 13.5. The quantitative estimate of drug-likeness (QED) is 0.650. The smallest absolute Gasteiger partial charge is 0.0933 e. The van der Waals surface area contributed by atoms with Crippen LogP contribution in [0.15, 0.2) is 29.6 Å². The Kier molecular flexibility index (Phi) is 4.04. The molecule has 2 heterocycles. The summed E-state index contributed by atoms with van der Waals surface area (Å²) in [6, 6.07) is 8.89. The summed E-state index contributed by atoms with van der Waals surface area (Å²) in [5.74, 6) is 0.784. The molecule has 0 N–H and O–H groups in total. The molecular formula is C19H20N2S2. The lowest BCUT2D eigenvalue weighted by molar-refractivity contribution is 0.514. The zero-order valence-corrected chi connectivity index (χ0v) is 15.1. The van der Waals surface area contributed by atoms with Gasteiger partial charge >= 0.3 is 0 Å². The van der Waals surface area contributed by atoms with E-state index in [9.17, 15) is 0 Å². The normalized spacial score (nSPS) is 14.3. The van der Waals surface area contributed by atoms with E-state index in [1.807, 2.05) is 0 Å². The number of thiazole rings is 2. The third-order valence-corrected chi connectivity index (χ3v) is 6.59. The van der Waals surface area contributed by atoms with Crippen molar-refractivity contribution in [1.82, 2.24) is 9.97 Å². The van der Waals surface area contributed by atoms with Crippen molar-refractivity contribution in [2.24, 2.45) is 5.92 Å². The van der Waals surface area contributed by atoms with Gasteiger partial charge in [0.15, 0.2) is 0 Å². The molecule has 3 aromatic rings. The third kappa shape index (κ3) is 3.10. The van der Waals surface area contributed by atoms with Gasteiger partial charge in [-0.3, -0.25) is 0 Å². The molecule has 4 heteroatoms. The molecule has 0 aliphatic heterocycles. The lowest BCUT2D eigenvalue weighted by Gasteiger charge is -2.06. The van der Waals surface area contributed by atoms with Gasteiger partial charge in [-0.25, -0.2) is 9.97 Å². The van der Waals surface area contributed by atoms with Crippen molar-refractivity contribution in [2.45, 2.75) is 39.5 Å². The van der Waals surface area contributed by atoms with Crippen LogP contribution in [0.25, 0.3) is 10.6 Å². The van der Waals surface area contributed by atoms with E-state index in [1.54, 1.807) is 33.8 Å². The maximum Gasteiger partial charge on any atom is 0.0933 e. The van der Waals surface area contributed by atoms with E-state index in [4.69, 9.17) is 4.98 Å². The highest BCUT2D eigenvalue weighted by Gasteiger charge is 2.21. The molecule has 2 nitrogen and oxygen atoms in total. The highest BCUT2D eigenvalue weighted by atomic mass is 32.1. The van der Waals surface area contributed by atoms with Crippen molar-refractivity contribution in [3.63, 3.8) is 0 Å². The van der Waals surface area contributed by atoms with Crippen molar-refractivity contribution in [3.8, 4) is 10.6 Å². The molecule has 1 aliphatic carbocycles. The fraction of sp³-hybridized carbons (Fsp3) is 0.368. The number of rotatable bonds is 4. The molecular weight excluding hydrogens is 320 g/mol. The van der Waals surface area contributed by atoms with Gasteiger partial charge in [0.25, 0.3) is 0 Å². The molecule has 0 fully saturated rings. The molecule has 0 radical (unpaired) electrons. The molecule has 4 rings (SSSR count). The van der Waals surface area contributed by atoms with Crippen LogP contribution in [0.4, 0.5) is 0 Å². The predicted molar refractivity (Wildman–Crippen MR) is 98.4 cm³/mol. The Balaban J connectivity index is 1.41. The van der Waals surface area contributed by atoms with Crippen LogP contribution in [0.2, 0.25) is 0 Å². The molecule has 1 aliphatic rings. The summed E-state index contributed by atoms with van der Waals surface area (Å²) in [5.41, 5.74) is 5.32. The lowest BCUT2D eigenvalue weighted by atomic mass is 10.0. The maximum atomic E-state index is 4.85. The fourth-order valence-corrected chi connectivity index (χ4v) is 5.24. The van der Waals surface area contributed by atoms with E-state index >= 15 is 0 Å². The fourth-order valence-electron chi connectivity index (χ4n) is 3.48. The van der Waals surface area contributed by atoms with Crippen LogP contribution >= 0.6 is 22.7 Å². The number of aryl methyl sites for hydroxylation is 3. The first kappa shape index (κ1) is 15.0. The Morgan fingerprint density at radius 3 is 2.48 bits per heavy atom. The zero-order chi connectivity index (χ0) is 15.8. The summed E-state index contributed by atoms with van der Waals surface area (Å²) in [4.78, 5) is 10.6. The van der Waals surface area contributed by atoms with E-state index in [-0.39, 0.29) is 0 Å². The van der Waals surface area contributed by atoms with Gasteiger partial charge in [0.1, 0.15) is 0 Å². The van der Waals surface area contributed by atoms with Gasteiger partial charge in [-0.15, -0.1) is 22.7 Å². The van der Waals surface area contributed by atoms with Crippen LogP contribution in [-0.2, 0) is 19.3 Å². The molecule has 0 amide bonds. The van der Waals surface area contributed by atoms with Crippen LogP contribution in [0.5, 0.6) is 0 Å². The number of fused-ring (bicyclic) bond motifs is 1. The highest BCUT2D eigenvalue weighted by molar-refractivity contribution is 7.15. The van der Waals surface area contributed by atoms with E-state index < -0.39 is 0 Å². The summed E-state index contributed by atoms with van der Waals surface area (Å²) >= 11 is 3.55. The third-order valence-electron chi connectivity index (χ3n) is 4.59. The predicted octanol–water partition coefficient (Wildman–Crippen LogP) is 5.23.